The minimum Gasteiger partial charge on any atom is -0.497 e. The second-order valence-corrected chi connectivity index (χ2v) is 7.57. The van der Waals surface area contributed by atoms with Crippen molar-refractivity contribution in [2.45, 2.75) is 63.2 Å². The van der Waals surface area contributed by atoms with Crippen LogP contribution < -0.4 is 15.4 Å². The van der Waals surface area contributed by atoms with Crippen molar-refractivity contribution in [3.05, 3.63) is 41.7 Å². The first-order valence-electron chi connectivity index (χ1n) is 9.80. The summed E-state index contributed by atoms with van der Waals surface area (Å²) in [6, 6.07) is 9.35. The number of aromatic nitrogens is 3. The molecule has 2 saturated carbocycles. The van der Waals surface area contributed by atoms with E-state index in [0.717, 1.165) is 50.8 Å². The van der Waals surface area contributed by atoms with Crippen molar-refractivity contribution < 1.29 is 9.53 Å². The Morgan fingerprint density at radius 3 is 2.70 bits per heavy atom. The van der Waals surface area contributed by atoms with Crippen LogP contribution in [0.1, 0.15) is 60.6 Å². The van der Waals surface area contributed by atoms with E-state index in [4.69, 9.17) is 4.74 Å². The molecule has 0 unspecified atom stereocenters. The van der Waals surface area contributed by atoms with E-state index in [-0.39, 0.29) is 5.91 Å². The molecule has 2 aliphatic rings. The Morgan fingerprint density at radius 2 is 1.96 bits per heavy atom. The quantitative estimate of drug-likeness (QED) is 0.784. The highest BCUT2D eigenvalue weighted by Gasteiger charge is 2.27. The minimum absolute atomic E-state index is 0.0996. The molecule has 2 aromatic rings. The third kappa shape index (κ3) is 4.66. The molecule has 2 fully saturated rings. The fourth-order valence-corrected chi connectivity index (χ4v) is 3.64. The average Bonchev–Trinajstić information content (AvgIpc) is 3.38. The molecule has 7 nitrogen and oxygen atoms in total. The van der Waals surface area contributed by atoms with Crippen molar-refractivity contribution in [1.29, 1.82) is 0 Å². The SMILES string of the molecule is COc1cccc(CNC2CCC(n3cc(C(=O)NC4CC4)nn3)CC2)c1. The molecule has 27 heavy (non-hydrogen) atoms. The third-order valence-electron chi connectivity index (χ3n) is 5.46. The zero-order valence-electron chi connectivity index (χ0n) is 15.7. The number of nitrogens with zero attached hydrogens (tertiary/aromatic N) is 3. The maximum Gasteiger partial charge on any atom is 0.273 e. The molecule has 144 valence electrons. The van der Waals surface area contributed by atoms with Gasteiger partial charge < -0.3 is 15.4 Å². The summed E-state index contributed by atoms with van der Waals surface area (Å²) in [6.45, 7) is 0.849. The standard InChI is InChI=1S/C20H27N5O2/c1-27-18-4-2-3-14(11-18)12-21-15-7-9-17(10-8-15)25-13-19(23-24-25)20(26)22-16-5-6-16/h2-4,11,13,15-17,21H,5-10,12H2,1H3,(H,22,26). The van der Waals surface area contributed by atoms with Gasteiger partial charge in [0.15, 0.2) is 5.69 Å². The first-order chi connectivity index (χ1) is 13.2. The summed E-state index contributed by atoms with van der Waals surface area (Å²) >= 11 is 0. The normalized spacial score (nSPS) is 22.4. The number of hydrogen-bond acceptors (Lipinski definition) is 5. The summed E-state index contributed by atoms with van der Waals surface area (Å²) in [7, 11) is 1.69. The maximum atomic E-state index is 12.1. The van der Waals surface area contributed by atoms with Crippen molar-refractivity contribution in [3.8, 4) is 5.75 Å². The predicted octanol–water partition coefficient (Wildman–Crippen LogP) is 2.45. The largest absolute Gasteiger partial charge is 0.497 e. The lowest BCUT2D eigenvalue weighted by atomic mass is 9.91. The fraction of sp³-hybridized carbons (Fsp3) is 0.550. The Bertz CT molecular complexity index is 778. The van der Waals surface area contributed by atoms with Crippen molar-refractivity contribution in [2.24, 2.45) is 0 Å². The Hall–Kier alpha value is -2.41. The van der Waals surface area contributed by atoms with Gasteiger partial charge in [0.05, 0.1) is 19.3 Å². The lowest BCUT2D eigenvalue weighted by Gasteiger charge is -2.29. The molecule has 1 aromatic heterocycles. The third-order valence-corrected chi connectivity index (χ3v) is 5.46. The molecule has 2 aliphatic carbocycles. The molecule has 0 bridgehead atoms. The molecular weight excluding hydrogens is 342 g/mol. The van der Waals surface area contributed by atoms with E-state index >= 15 is 0 Å². The van der Waals surface area contributed by atoms with Crippen molar-refractivity contribution in [1.82, 2.24) is 25.6 Å². The summed E-state index contributed by atoms with van der Waals surface area (Å²) in [5.74, 6) is 0.795. The summed E-state index contributed by atoms with van der Waals surface area (Å²) in [5.41, 5.74) is 1.67. The molecule has 0 spiro atoms. The Morgan fingerprint density at radius 1 is 1.19 bits per heavy atom. The summed E-state index contributed by atoms with van der Waals surface area (Å²) in [4.78, 5) is 12.1. The van der Waals surface area contributed by atoms with Gasteiger partial charge in [-0.3, -0.25) is 4.79 Å². The van der Waals surface area contributed by atoms with Gasteiger partial charge in [-0.1, -0.05) is 17.3 Å². The molecule has 1 heterocycles. The zero-order chi connectivity index (χ0) is 18.6. The van der Waals surface area contributed by atoms with Gasteiger partial charge in [0.25, 0.3) is 5.91 Å². The first-order valence-corrected chi connectivity index (χ1v) is 9.80. The van der Waals surface area contributed by atoms with Crippen LogP contribution in [0.5, 0.6) is 5.75 Å². The van der Waals surface area contributed by atoms with Crippen LogP contribution in [0.2, 0.25) is 0 Å². The van der Waals surface area contributed by atoms with Crippen LogP contribution in [0.4, 0.5) is 0 Å². The molecule has 1 amide bonds. The molecule has 7 heteroatoms. The minimum atomic E-state index is -0.0996. The second kappa shape index (κ2) is 8.08. The van der Waals surface area contributed by atoms with Crippen molar-refractivity contribution >= 4 is 5.91 Å². The molecule has 0 aliphatic heterocycles. The van der Waals surface area contributed by atoms with E-state index in [2.05, 4.69) is 33.1 Å². The second-order valence-electron chi connectivity index (χ2n) is 7.57. The Kier molecular flexibility index (Phi) is 5.38. The van der Waals surface area contributed by atoms with Gasteiger partial charge in [-0.05, 0) is 56.2 Å². The van der Waals surface area contributed by atoms with Crippen LogP contribution >= 0.6 is 0 Å². The maximum absolute atomic E-state index is 12.1. The summed E-state index contributed by atoms with van der Waals surface area (Å²) < 4.78 is 7.16. The van der Waals surface area contributed by atoms with Crippen LogP contribution in [0.15, 0.2) is 30.5 Å². The van der Waals surface area contributed by atoms with E-state index in [1.807, 2.05) is 16.8 Å². The number of hydrogen-bond donors (Lipinski definition) is 2. The molecule has 4 rings (SSSR count). The highest BCUT2D eigenvalue weighted by atomic mass is 16.5. The van der Waals surface area contributed by atoms with E-state index in [1.54, 1.807) is 13.3 Å². The zero-order valence-corrected chi connectivity index (χ0v) is 15.7. The average molecular weight is 369 g/mol. The lowest BCUT2D eigenvalue weighted by Crippen LogP contribution is -2.33. The molecule has 0 saturated heterocycles. The van der Waals surface area contributed by atoms with Gasteiger partial charge >= 0.3 is 0 Å². The van der Waals surface area contributed by atoms with Crippen LogP contribution in [0.3, 0.4) is 0 Å². The van der Waals surface area contributed by atoms with Crippen LogP contribution in [-0.2, 0) is 6.54 Å². The number of amides is 1. The van der Waals surface area contributed by atoms with Gasteiger partial charge in [0.2, 0.25) is 0 Å². The van der Waals surface area contributed by atoms with E-state index in [0.29, 0.717) is 23.8 Å². The first kappa shape index (κ1) is 18.0. The summed E-state index contributed by atoms with van der Waals surface area (Å²) in [6.07, 6.45) is 8.23. The van der Waals surface area contributed by atoms with E-state index < -0.39 is 0 Å². The number of methoxy groups -OCH3 is 1. The number of benzene rings is 1. The van der Waals surface area contributed by atoms with E-state index in [1.165, 1.54) is 5.56 Å². The fourth-order valence-electron chi connectivity index (χ4n) is 3.64. The van der Waals surface area contributed by atoms with Gasteiger partial charge in [0.1, 0.15) is 5.75 Å². The van der Waals surface area contributed by atoms with Gasteiger partial charge in [0, 0.05) is 18.6 Å². The van der Waals surface area contributed by atoms with Gasteiger partial charge in [-0.25, -0.2) is 4.68 Å². The van der Waals surface area contributed by atoms with Gasteiger partial charge in [-0.2, -0.15) is 0 Å². The smallest absolute Gasteiger partial charge is 0.273 e. The Labute approximate surface area is 159 Å². The number of carbonyl (C=O) groups excluding carboxylic acids is 1. The number of carbonyl (C=O) groups is 1. The Balaban J connectivity index is 1.25. The molecular formula is C20H27N5O2. The predicted molar refractivity (Wildman–Crippen MR) is 102 cm³/mol. The molecule has 2 N–H and O–H groups in total. The lowest BCUT2D eigenvalue weighted by molar-refractivity contribution is 0.0946. The van der Waals surface area contributed by atoms with Crippen LogP contribution in [0.25, 0.3) is 0 Å². The van der Waals surface area contributed by atoms with Crippen molar-refractivity contribution in [2.75, 3.05) is 7.11 Å². The van der Waals surface area contributed by atoms with Crippen molar-refractivity contribution in [3.63, 3.8) is 0 Å². The number of nitrogens with one attached hydrogen (secondary N) is 2. The monoisotopic (exact) mass is 369 g/mol. The number of rotatable bonds is 7. The molecule has 1 aromatic carbocycles. The molecule has 0 atom stereocenters. The molecule has 0 radical (unpaired) electrons. The van der Waals surface area contributed by atoms with Crippen LogP contribution in [0, 0.1) is 0 Å². The highest BCUT2D eigenvalue weighted by Crippen LogP contribution is 2.28. The number of ether oxygens (including phenoxy) is 1. The van der Waals surface area contributed by atoms with Crippen LogP contribution in [-0.4, -0.2) is 40.1 Å². The summed E-state index contributed by atoms with van der Waals surface area (Å²) in [5, 5.41) is 14.9. The highest BCUT2D eigenvalue weighted by molar-refractivity contribution is 5.92. The van der Waals surface area contributed by atoms with E-state index in [9.17, 15) is 4.79 Å². The topological polar surface area (TPSA) is 81.1 Å². The van der Waals surface area contributed by atoms with Gasteiger partial charge in [-0.15, -0.1) is 5.10 Å².